The van der Waals surface area contributed by atoms with Gasteiger partial charge in [-0.2, -0.15) is 0 Å². The Morgan fingerprint density at radius 2 is 2.40 bits per heavy atom. The summed E-state index contributed by atoms with van der Waals surface area (Å²) in [5, 5.41) is 3.42. The van der Waals surface area contributed by atoms with Gasteiger partial charge in [0.25, 0.3) is 0 Å². The Hall–Kier alpha value is -1.59. The third-order valence-electron chi connectivity index (χ3n) is 3.04. The Morgan fingerprint density at radius 3 is 3.20 bits per heavy atom. The highest BCUT2D eigenvalue weighted by molar-refractivity contribution is 4.97. The third-order valence-corrected chi connectivity index (χ3v) is 3.04. The molecule has 0 aliphatic rings. The van der Waals surface area contributed by atoms with Crippen LogP contribution in [0.15, 0.2) is 35.3 Å². The van der Waals surface area contributed by atoms with Gasteiger partial charge in [0.05, 0.1) is 18.3 Å². The van der Waals surface area contributed by atoms with E-state index in [0.29, 0.717) is 6.61 Å². The summed E-state index contributed by atoms with van der Waals surface area (Å²) >= 11 is 0. The van der Waals surface area contributed by atoms with Crippen molar-refractivity contribution in [3.05, 3.63) is 42.4 Å². The first-order chi connectivity index (χ1) is 9.90. The summed E-state index contributed by atoms with van der Waals surface area (Å²) in [6.07, 6.45) is 7.61. The highest BCUT2D eigenvalue weighted by atomic mass is 16.5. The molecule has 2 rings (SSSR count). The Kier molecular flexibility index (Phi) is 6.34. The van der Waals surface area contributed by atoms with E-state index in [-0.39, 0.29) is 0 Å². The number of nitrogens with one attached hydrogen (secondary N) is 1. The molecule has 0 unspecified atom stereocenters. The van der Waals surface area contributed by atoms with Gasteiger partial charge < -0.3 is 19.0 Å². The number of hydrogen-bond acceptors (Lipinski definition) is 4. The minimum absolute atomic E-state index is 0.552. The summed E-state index contributed by atoms with van der Waals surface area (Å²) in [6, 6.07) is 3.80. The van der Waals surface area contributed by atoms with Crippen molar-refractivity contribution in [3.63, 3.8) is 0 Å². The molecule has 2 aromatic heterocycles. The average molecular weight is 277 g/mol. The van der Waals surface area contributed by atoms with Crippen LogP contribution in [0.5, 0.6) is 0 Å². The van der Waals surface area contributed by atoms with Crippen molar-refractivity contribution in [2.24, 2.45) is 0 Å². The van der Waals surface area contributed by atoms with Gasteiger partial charge in [0.1, 0.15) is 12.4 Å². The molecule has 2 heterocycles. The summed E-state index contributed by atoms with van der Waals surface area (Å²) < 4.78 is 12.9. The SMILES string of the molecule is CCCn1cncc1CNCCCOCc1ccco1. The first kappa shape index (κ1) is 14.8. The van der Waals surface area contributed by atoms with E-state index in [1.807, 2.05) is 24.7 Å². The zero-order chi connectivity index (χ0) is 14.0. The van der Waals surface area contributed by atoms with E-state index in [9.17, 15) is 0 Å². The molecule has 1 N–H and O–H groups in total. The van der Waals surface area contributed by atoms with Crippen LogP contribution in [0.4, 0.5) is 0 Å². The fraction of sp³-hybridized carbons (Fsp3) is 0.533. The standard InChI is InChI=1S/C15H23N3O2/c1-2-7-18-13-17-11-14(18)10-16-6-4-8-19-12-15-5-3-9-20-15/h3,5,9,11,13,16H,2,4,6-8,10,12H2,1H3. The van der Waals surface area contributed by atoms with Gasteiger partial charge in [-0.15, -0.1) is 0 Å². The molecular formula is C15H23N3O2. The molecule has 0 atom stereocenters. The predicted octanol–water partition coefficient (Wildman–Crippen LogP) is 2.58. The van der Waals surface area contributed by atoms with Gasteiger partial charge in [0.2, 0.25) is 0 Å². The Balaban J connectivity index is 1.52. The van der Waals surface area contributed by atoms with Gasteiger partial charge in [-0.05, 0) is 31.5 Å². The van der Waals surface area contributed by atoms with Crippen LogP contribution in [-0.4, -0.2) is 22.7 Å². The van der Waals surface area contributed by atoms with Crippen LogP contribution in [0.1, 0.15) is 31.2 Å². The molecule has 0 spiro atoms. The van der Waals surface area contributed by atoms with Crippen molar-refractivity contribution in [2.45, 2.75) is 39.5 Å². The van der Waals surface area contributed by atoms with Crippen LogP contribution in [0, 0.1) is 0 Å². The molecule has 0 bridgehead atoms. The van der Waals surface area contributed by atoms with Gasteiger partial charge in [0.15, 0.2) is 0 Å². The first-order valence-electron chi connectivity index (χ1n) is 7.20. The lowest BCUT2D eigenvalue weighted by Crippen LogP contribution is -2.18. The number of aryl methyl sites for hydroxylation is 1. The number of aromatic nitrogens is 2. The smallest absolute Gasteiger partial charge is 0.129 e. The topological polar surface area (TPSA) is 52.2 Å². The molecule has 0 saturated carbocycles. The Labute approximate surface area is 120 Å². The van der Waals surface area contributed by atoms with Gasteiger partial charge in [-0.25, -0.2) is 4.98 Å². The molecule has 0 aliphatic carbocycles. The normalized spacial score (nSPS) is 11.1. The van der Waals surface area contributed by atoms with E-state index in [2.05, 4.69) is 21.8 Å². The predicted molar refractivity (Wildman–Crippen MR) is 77.2 cm³/mol. The number of rotatable bonds is 10. The second-order valence-corrected chi connectivity index (χ2v) is 4.74. The molecule has 0 amide bonds. The highest BCUT2D eigenvalue weighted by Gasteiger charge is 2.00. The fourth-order valence-electron chi connectivity index (χ4n) is 2.02. The summed E-state index contributed by atoms with van der Waals surface area (Å²) in [5.74, 6) is 0.876. The van der Waals surface area contributed by atoms with Crippen LogP contribution in [0.2, 0.25) is 0 Å². The molecule has 0 aromatic carbocycles. The molecule has 5 nitrogen and oxygen atoms in total. The Morgan fingerprint density at radius 1 is 1.45 bits per heavy atom. The second kappa shape index (κ2) is 8.55. The largest absolute Gasteiger partial charge is 0.467 e. The molecule has 5 heteroatoms. The molecule has 0 saturated heterocycles. The van der Waals surface area contributed by atoms with Crippen LogP contribution < -0.4 is 5.32 Å². The molecule has 0 aliphatic heterocycles. The number of nitrogens with zero attached hydrogens (tertiary/aromatic N) is 2. The average Bonchev–Trinajstić information content (AvgIpc) is 3.10. The number of ether oxygens (including phenoxy) is 1. The van der Waals surface area contributed by atoms with Crippen LogP contribution in [0.3, 0.4) is 0 Å². The number of furan rings is 1. The number of hydrogen-bond donors (Lipinski definition) is 1. The molecule has 0 radical (unpaired) electrons. The molecule has 2 aromatic rings. The fourth-order valence-corrected chi connectivity index (χ4v) is 2.02. The van der Waals surface area contributed by atoms with E-state index in [1.165, 1.54) is 5.69 Å². The lowest BCUT2D eigenvalue weighted by molar-refractivity contribution is 0.104. The minimum Gasteiger partial charge on any atom is -0.467 e. The lowest BCUT2D eigenvalue weighted by atomic mass is 10.4. The summed E-state index contributed by atoms with van der Waals surface area (Å²) in [5.41, 5.74) is 1.24. The monoisotopic (exact) mass is 277 g/mol. The van der Waals surface area contributed by atoms with Crippen molar-refractivity contribution in [1.82, 2.24) is 14.9 Å². The lowest BCUT2D eigenvalue weighted by Gasteiger charge is -2.08. The molecule has 110 valence electrons. The zero-order valence-corrected chi connectivity index (χ0v) is 12.0. The maximum absolute atomic E-state index is 5.53. The summed E-state index contributed by atoms with van der Waals surface area (Å²) in [7, 11) is 0. The van der Waals surface area contributed by atoms with Crippen LogP contribution in [0.25, 0.3) is 0 Å². The number of imidazole rings is 1. The molecular weight excluding hydrogens is 254 g/mol. The molecule has 20 heavy (non-hydrogen) atoms. The van der Waals surface area contributed by atoms with Gasteiger partial charge >= 0.3 is 0 Å². The Bertz CT molecular complexity index is 465. The minimum atomic E-state index is 0.552. The summed E-state index contributed by atoms with van der Waals surface area (Å²) in [6.45, 7) is 6.29. The molecule has 0 fully saturated rings. The first-order valence-corrected chi connectivity index (χ1v) is 7.20. The van der Waals surface area contributed by atoms with Crippen molar-refractivity contribution < 1.29 is 9.15 Å². The second-order valence-electron chi connectivity index (χ2n) is 4.74. The van der Waals surface area contributed by atoms with Crippen molar-refractivity contribution in [1.29, 1.82) is 0 Å². The van der Waals surface area contributed by atoms with Crippen molar-refractivity contribution >= 4 is 0 Å². The van der Waals surface area contributed by atoms with Gasteiger partial charge in [0, 0.05) is 25.9 Å². The third kappa shape index (κ3) is 4.83. The van der Waals surface area contributed by atoms with E-state index in [4.69, 9.17) is 9.15 Å². The van der Waals surface area contributed by atoms with Gasteiger partial charge in [-0.1, -0.05) is 6.92 Å². The van der Waals surface area contributed by atoms with Crippen molar-refractivity contribution in [2.75, 3.05) is 13.2 Å². The quantitative estimate of drug-likeness (QED) is 0.678. The maximum atomic E-state index is 5.53. The maximum Gasteiger partial charge on any atom is 0.129 e. The highest BCUT2D eigenvalue weighted by Crippen LogP contribution is 2.02. The van der Waals surface area contributed by atoms with E-state index >= 15 is 0 Å². The summed E-state index contributed by atoms with van der Waals surface area (Å²) in [4.78, 5) is 4.19. The van der Waals surface area contributed by atoms with Crippen LogP contribution in [-0.2, 0) is 24.4 Å². The van der Waals surface area contributed by atoms with Gasteiger partial charge in [-0.3, -0.25) is 0 Å². The zero-order valence-electron chi connectivity index (χ0n) is 12.0. The van der Waals surface area contributed by atoms with E-state index in [0.717, 1.165) is 44.8 Å². The van der Waals surface area contributed by atoms with Crippen molar-refractivity contribution in [3.8, 4) is 0 Å². The van der Waals surface area contributed by atoms with E-state index in [1.54, 1.807) is 6.26 Å². The van der Waals surface area contributed by atoms with Crippen LogP contribution >= 0.6 is 0 Å². The van der Waals surface area contributed by atoms with E-state index < -0.39 is 0 Å².